The Morgan fingerprint density at radius 2 is 2.23 bits per heavy atom. The second-order valence-corrected chi connectivity index (χ2v) is 6.88. The highest BCUT2D eigenvalue weighted by atomic mass is 16.2. The van der Waals surface area contributed by atoms with Crippen LogP contribution < -0.4 is 10.9 Å². The number of imidazole rings is 1. The molecule has 3 N–H and O–H groups in total. The zero-order chi connectivity index (χ0) is 14.9. The Morgan fingerprint density at radius 3 is 3.18 bits per heavy atom. The summed E-state index contributed by atoms with van der Waals surface area (Å²) < 4.78 is 0. The normalized spacial score (nSPS) is 30.9. The molecule has 0 radical (unpaired) electrons. The summed E-state index contributed by atoms with van der Waals surface area (Å²) in [6.07, 6.45) is 9.44. The summed E-state index contributed by atoms with van der Waals surface area (Å²) in [5.74, 6) is 0.989. The molecule has 1 aliphatic carbocycles. The maximum atomic E-state index is 12.5. The quantitative estimate of drug-likeness (QED) is 0.782. The van der Waals surface area contributed by atoms with Crippen LogP contribution in [-0.4, -0.2) is 39.4 Å². The van der Waals surface area contributed by atoms with Crippen molar-refractivity contribution in [2.75, 3.05) is 6.54 Å². The summed E-state index contributed by atoms with van der Waals surface area (Å²) in [5.41, 5.74) is 9.09. The van der Waals surface area contributed by atoms with Crippen LogP contribution in [0.25, 0.3) is 0 Å². The van der Waals surface area contributed by atoms with Gasteiger partial charge in [-0.3, -0.25) is 15.6 Å². The number of hydrogen-bond donors (Lipinski definition) is 3. The number of hydrogen-bond acceptors (Lipinski definition) is 4. The topological polar surface area (TPSA) is 73.1 Å². The molecular formula is C16H25N5O. The highest BCUT2D eigenvalue weighted by molar-refractivity contribution is 5.76. The standard InChI is InChI=1S/C16H25N5O/c22-16(21-8-7-14-15(9-21)18-10-17-14)6-5-13-11-3-1-2-4-12(11)19-20-13/h10-13,19-20H,1-9H2,(H,17,18). The van der Waals surface area contributed by atoms with Crippen LogP contribution in [0.15, 0.2) is 6.33 Å². The van der Waals surface area contributed by atoms with E-state index in [9.17, 15) is 4.79 Å². The number of aromatic amines is 1. The summed E-state index contributed by atoms with van der Waals surface area (Å²) in [6, 6.07) is 1.08. The number of carbonyl (C=O) groups is 1. The Labute approximate surface area is 131 Å². The van der Waals surface area contributed by atoms with Gasteiger partial charge < -0.3 is 9.88 Å². The molecule has 1 aromatic rings. The van der Waals surface area contributed by atoms with Gasteiger partial charge in [0.2, 0.25) is 5.91 Å². The fraction of sp³-hybridized carbons (Fsp3) is 0.750. The number of hydrazine groups is 1. The van der Waals surface area contributed by atoms with Gasteiger partial charge >= 0.3 is 0 Å². The molecule has 1 saturated heterocycles. The zero-order valence-electron chi connectivity index (χ0n) is 13.0. The number of aromatic nitrogens is 2. The average Bonchev–Trinajstić information content (AvgIpc) is 3.18. The van der Waals surface area contributed by atoms with E-state index in [0.717, 1.165) is 30.8 Å². The number of amides is 1. The molecule has 2 aliphatic heterocycles. The van der Waals surface area contributed by atoms with Crippen LogP contribution in [0.3, 0.4) is 0 Å². The second kappa shape index (κ2) is 6.01. The van der Waals surface area contributed by atoms with Crippen LogP contribution in [0.5, 0.6) is 0 Å². The van der Waals surface area contributed by atoms with Gasteiger partial charge in [-0.15, -0.1) is 0 Å². The van der Waals surface area contributed by atoms with Crippen molar-refractivity contribution in [3.63, 3.8) is 0 Å². The number of H-pyrrole nitrogens is 1. The SMILES string of the molecule is O=C(CCC1NNC2CCCCC21)N1CCc2nc[nH]c2C1. The zero-order valence-corrected chi connectivity index (χ0v) is 13.0. The van der Waals surface area contributed by atoms with Crippen molar-refractivity contribution >= 4 is 5.91 Å². The minimum absolute atomic E-state index is 0.279. The van der Waals surface area contributed by atoms with Gasteiger partial charge in [0.15, 0.2) is 0 Å². The number of nitrogens with zero attached hydrogens (tertiary/aromatic N) is 2. The first-order valence-corrected chi connectivity index (χ1v) is 8.61. The largest absolute Gasteiger partial charge is 0.347 e. The smallest absolute Gasteiger partial charge is 0.222 e. The van der Waals surface area contributed by atoms with Gasteiger partial charge in [0, 0.05) is 31.5 Å². The molecule has 1 saturated carbocycles. The molecule has 3 atom stereocenters. The summed E-state index contributed by atoms with van der Waals surface area (Å²) in [6.45, 7) is 1.50. The highest BCUT2D eigenvalue weighted by Gasteiger charge is 2.37. The van der Waals surface area contributed by atoms with Gasteiger partial charge in [-0.2, -0.15) is 0 Å². The third-order valence-corrected chi connectivity index (χ3v) is 5.59. The monoisotopic (exact) mass is 303 g/mol. The van der Waals surface area contributed by atoms with Crippen LogP contribution >= 0.6 is 0 Å². The molecular weight excluding hydrogens is 278 g/mol. The van der Waals surface area contributed by atoms with Crippen molar-refractivity contribution in [2.45, 2.75) is 63.6 Å². The van der Waals surface area contributed by atoms with E-state index < -0.39 is 0 Å². The van der Waals surface area contributed by atoms with Crippen molar-refractivity contribution in [1.82, 2.24) is 25.7 Å². The van der Waals surface area contributed by atoms with Gasteiger partial charge in [-0.25, -0.2) is 4.98 Å². The van der Waals surface area contributed by atoms with Crippen molar-refractivity contribution in [3.05, 3.63) is 17.7 Å². The molecule has 1 aromatic heterocycles. The van der Waals surface area contributed by atoms with Crippen LogP contribution in [0.1, 0.15) is 49.9 Å². The highest BCUT2D eigenvalue weighted by Crippen LogP contribution is 2.32. The first-order valence-electron chi connectivity index (χ1n) is 8.61. The number of rotatable bonds is 3. The Kier molecular flexibility index (Phi) is 3.88. The lowest BCUT2D eigenvalue weighted by atomic mass is 9.80. The fourth-order valence-electron chi connectivity index (χ4n) is 4.29. The van der Waals surface area contributed by atoms with Crippen molar-refractivity contribution in [2.24, 2.45) is 5.92 Å². The number of fused-ring (bicyclic) bond motifs is 2. The summed E-state index contributed by atoms with van der Waals surface area (Å²) in [7, 11) is 0. The molecule has 0 aromatic carbocycles. The van der Waals surface area contributed by atoms with Crippen LogP contribution in [0, 0.1) is 5.92 Å². The third kappa shape index (κ3) is 2.65. The summed E-state index contributed by atoms with van der Waals surface area (Å²) >= 11 is 0. The van der Waals surface area contributed by atoms with Gasteiger partial charge in [0.05, 0.1) is 24.3 Å². The molecule has 3 unspecified atom stereocenters. The molecule has 4 rings (SSSR count). The van der Waals surface area contributed by atoms with Gasteiger partial charge in [0.25, 0.3) is 0 Å². The van der Waals surface area contributed by atoms with Crippen molar-refractivity contribution in [3.8, 4) is 0 Å². The van der Waals surface area contributed by atoms with Crippen molar-refractivity contribution in [1.29, 1.82) is 0 Å². The first kappa shape index (κ1) is 14.2. The Hall–Kier alpha value is -1.40. The fourth-order valence-corrected chi connectivity index (χ4v) is 4.29. The average molecular weight is 303 g/mol. The molecule has 1 amide bonds. The van der Waals surface area contributed by atoms with Crippen LogP contribution in [0.2, 0.25) is 0 Å². The molecule has 6 nitrogen and oxygen atoms in total. The lowest BCUT2D eigenvalue weighted by molar-refractivity contribution is -0.132. The van der Waals surface area contributed by atoms with E-state index in [4.69, 9.17) is 0 Å². The predicted molar refractivity (Wildman–Crippen MR) is 82.7 cm³/mol. The minimum Gasteiger partial charge on any atom is -0.347 e. The lowest BCUT2D eigenvalue weighted by Crippen LogP contribution is -2.38. The van der Waals surface area contributed by atoms with Crippen molar-refractivity contribution < 1.29 is 4.79 Å². The summed E-state index contributed by atoms with van der Waals surface area (Å²) in [4.78, 5) is 21.9. The van der Waals surface area contributed by atoms with E-state index in [1.807, 2.05) is 4.90 Å². The van der Waals surface area contributed by atoms with E-state index in [2.05, 4.69) is 20.8 Å². The molecule has 6 heteroatoms. The lowest BCUT2D eigenvalue weighted by Gasteiger charge is -2.29. The third-order valence-electron chi connectivity index (χ3n) is 5.59. The minimum atomic E-state index is 0.279. The molecule has 3 heterocycles. The van der Waals surface area contributed by atoms with Crippen LogP contribution in [-0.2, 0) is 17.8 Å². The van der Waals surface area contributed by atoms with Gasteiger partial charge in [0.1, 0.15) is 0 Å². The Morgan fingerprint density at radius 1 is 1.32 bits per heavy atom. The first-order chi connectivity index (χ1) is 10.8. The molecule has 0 bridgehead atoms. The van der Waals surface area contributed by atoms with Crippen LogP contribution in [0.4, 0.5) is 0 Å². The Balaban J connectivity index is 1.30. The molecule has 3 aliphatic rings. The molecule has 2 fully saturated rings. The van der Waals surface area contributed by atoms with E-state index in [1.165, 1.54) is 25.7 Å². The molecule has 0 spiro atoms. The van der Waals surface area contributed by atoms with Gasteiger partial charge in [-0.05, 0) is 25.2 Å². The maximum Gasteiger partial charge on any atom is 0.222 e. The second-order valence-electron chi connectivity index (χ2n) is 6.88. The van der Waals surface area contributed by atoms with E-state index in [1.54, 1.807) is 6.33 Å². The molecule has 120 valence electrons. The Bertz CT molecular complexity index is 542. The van der Waals surface area contributed by atoms with E-state index in [0.29, 0.717) is 31.0 Å². The maximum absolute atomic E-state index is 12.5. The molecule has 22 heavy (non-hydrogen) atoms. The number of nitrogens with one attached hydrogen (secondary N) is 3. The number of carbonyl (C=O) groups excluding carboxylic acids is 1. The summed E-state index contributed by atoms with van der Waals surface area (Å²) in [5, 5.41) is 0. The van der Waals surface area contributed by atoms with E-state index in [-0.39, 0.29) is 5.91 Å². The van der Waals surface area contributed by atoms with E-state index >= 15 is 0 Å². The van der Waals surface area contributed by atoms with Gasteiger partial charge in [-0.1, -0.05) is 12.8 Å². The predicted octanol–water partition coefficient (Wildman–Crippen LogP) is 1.11.